The highest BCUT2D eigenvalue weighted by Crippen LogP contribution is 2.54. The first-order valence-electron chi connectivity index (χ1n) is 15.6. The Kier molecular flexibility index (Phi) is 11.0. The molecule has 0 aliphatic heterocycles. The Balaban J connectivity index is 1.67. The van der Waals surface area contributed by atoms with Crippen LogP contribution >= 0.6 is 0 Å². The summed E-state index contributed by atoms with van der Waals surface area (Å²) in [6.45, 7) is 17.4. The van der Waals surface area contributed by atoms with Gasteiger partial charge in [-0.3, -0.25) is 9.59 Å². The number of fused-ring (bicyclic) bond motifs is 4. The van der Waals surface area contributed by atoms with E-state index in [2.05, 4.69) is 13.2 Å². The fraction of sp³-hybridized carbons (Fsp3) is 0.405. The third-order valence-electron chi connectivity index (χ3n) is 8.36. The Morgan fingerprint density at radius 1 is 0.723 bits per heavy atom. The van der Waals surface area contributed by atoms with E-state index in [9.17, 15) is 19.2 Å². The van der Waals surface area contributed by atoms with Crippen LogP contribution < -0.4 is 0 Å². The van der Waals surface area contributed by atoms with E-state index >= 15 is 0 Å². The van der Waals surface area contributed by atoms with E-state index in [-0.39, 0.29) is 50.4 Å². The summed E-state index contributed by atoms with van der Waals surface area (Å²) in [6.07, 6.45) is 0.528. The molecule has 0 radical (unpaired) electrons. The van der Waals surface area contributed by atoms with Crippen molar-refractivity contribution in [3.63, 3.8) is 0 Å². The molecule has 2 aromatic carbocycles. The summed E-state index contributed by atoms with van der Waals surface area (Å²) in [7, 11) is 0. The number of hydrogen-bond donors (Lipinski definition) is 0. The first-order chi connectivity index (χ1) is 22.2. The van der Waals surface area contributed by atoms with Crippen molar-refractivity contribution in [1.82, 2.24) is 9.97 Å². The summed E-state index contributed by atoms with van der Waals surface area (Å²) in [4.78, 5) is 60.3. The smallest absolute Gasteiger partial charge is 0.333 e. The van der Waals surface area contributed by atoms with E-state index < -0.39 is 41.1 Å². The molecule has 0 saturated carbocycles. The standard InChI is InChI=1S/C37H42N2O8/c1-21(2)33(40)44-13-15-46-35(42)25(7)19-37(20-26(8)36(43)47-16-14-45-34(41)22(3)4)28-12-10-9-11-27(28)31-32(37)39-30-18-24(6)23(5)17-29(30)38-31/h9-12,17-18,25-26H,1,3,13-16,19-20H2,2,4-8H3. The van der Waals surface area contributed by atoms with Gasteiger partial charge in [0.05, 0.1) is 34.3 Å². The van der Waals surface area contributed by atoms with Gasteiger partial charge in [-0.2, -0.15) is 0 Å². The van der Waals surface area contributed by atoms with Crippen molar-refractivity contribution in [2.45, 2.75) is 59.8 Å². The molecule has 1 heterocycles. The van der Waals surface area contributed by atoms with Gasteiger partial charge >= 0.3 is 23.9 Å². The Morgan fingerprint density at radius 3 is 1.66 bits per heavy atom. The van der Waals surface area contributed by atoms with Gasteiger partial charge < -0.3 is 18.9 Å². The molecule has 0 fully saturated rings. The van der Waals surface area contributed by atoms with Gasteiger partial charge in [0.2, 0.25) is 0 Å². The Labute approximate surface area is 275 Å². The van der Waals surface area contributed by atoms with Gasteiger partial charge in [-0.15, -0.1) is 0 Å². The molecule has 0 bridgehead atoms. The number of rotatable bonds is 14. The summed E-state index contributed by atoms with van der Waals surface area (Å²) in [5.74, 6) is -3.33. The van der Waals surface area contributed by atoms with Crippen LogP contribution in [-0.4, -0.2) is 60.3 Å². The molecule has 2 atom stereocenters. The van der Waals surface area contributed by atoms with Crippen LogP contribution in [0.5, 0.6) is 0 Å². The van der Waals surface area contributed by atoms with Crippen LogP contribution in [0, 0.1) is 25.7 Å². The highest BCUT2D eigenvalue weighted by Gasteiger charge is 2.49. The quantitative estimate of drug-likeness (QED) is 0.0908. The lowest BCUT2D eigenvalue weighted by Crippen LogP contribution is -2.36. The van der Waals surface area contributed by atoms with Crippen LogP contribution in [0.15, 0.2) is 60.7 Å². The fourth-order valence-corrected chi connectivity index (χ4v) is 5.86. The number of benzene rings is 2. The summed E-state index contributed by atoms with van der Waals surface area (Å²) in [5.41, 5.74) is 6.42. The molecule has 4 rings (SSSR count). The Morgan fingerprint density at radius 2 is 1.17 bits per heavy atom. The lowest BCUT2D eigenvalue weighted by atomic mass is 9.69. The van der Waals surface area contributed by atoms with Gasteiger partial charge in [0.25, 0.3) is 0 Å². The zero-order chi connectivity index (χ0) is 34.5. The molecule has 0 N–H and O–H groups in total. The number of carbonyl (C=O) groups excluding carboxylic acids is 4. The van der Waals surface area contributed by atoms with E-state index in [1.807, 2.05) is 50.2 Å². The zero-order valence-electron chi connectivity index (χ0n) is 27.9. The molecule has 1 aromatic heterocycles. The van der Waals surface area contributed by atoms with Crippen molar-refractivity contribution in [3.8, 4) is 11.3 Å². The van der Waals surface area contributed by atoms with Gasteiger partial charge in [-0.05, 0) is 69.4 Å². The number of hydrogen-bond acceptors (Lipinski definition) is 10. The molecule has 10 nitrogen and oxygen atoms in total. The third-order valence-corrected chi connectivity index (χ3v) is 8.36. The minimum Gasteiger partial charge on any atom is -0.462 e. The first kappa shape index (κ1) is 35.0. The first-order valence-corrected chi connectivity index (χ1v) is 15.6. The number of aromatic nitrogens is 2. The maximum atomic E-state index is 13.3. The second kappa shape index (κ2) is 14.7. The minimum absolute atomic E-state index is 0.0955. The normalized spacial score (nSPS) is 16.0. The monoisotopic (exact) mass is 642 g/mol. The topological polar surface area (TPSA) is 131 Å². The van der Waals surface area contributed by atoms with E-state index in [1.54, 1.807) is 13.8 Å². The lowest BCUT2D eigenvalue weighted by molar-refractivity contribution is -0.154. The molecule has 0 amide bonds. The maximum absolute atomic E-state index is 13.3. The average molecular weight is 643 g/mol. The summed E-state index contributed by atoms with van der Waals surface area (Å²) in [5, 5.41) is 0. The van der Waals surface area contributed by atoms with Gasteiger partial charge in [0.1, 0.15) is 26.4 Å². The molecular formula is C37H42N2O8. The highest BCUT2D eigenvalue weighted by molar-refractivity contribution is 5.88. The van der Waals surface area contributed by atoms with Crippen LogP contribution in [-0.2, 0) is 43.5 Å². The van der Waals surface area contributed by atoms with Crippen molar-refractivity contribution in [2.75, 3.05) is 26.4 Å². The van der Waals surface area contributed by atoms with E-state index in [0.717, 1.165) is 27.8 Å². The van der Waals surface area contributed by atoms with Crippen molar-refractivity contribution in [1.29, 1.82) is 0 Å². The summed E-state index contributed by atoms with van der Waals surface area (Å²) in [6, 6.07) is 11.8. The van der Waals surface area contributed by atoms with Crippen molar-refractivity contribution in [3.05, 3.63) is 83.1 Å². The van der Waals surface area contributed by atoms with Gasteiger partial charge in [0, 0.05) is 22.1 Å². The molecule has 0 spiro atoms. The summed E-state index contributed by atoms with van der Waals surface area (Å²) >= 11 is 0. The third kappa shape index (κ3) is 7.76. The molecule has 1 aliphatic rings. The Hall–Kier alpha value is -4.86. The van der Waals surface area contributed by atoms with Crippen LogP contribution in [0.2, 0.25) is 0 Å². The number of esters is 4. The summed E-state index contributed by atoms with van der Waals surface area (Å²) < 4.78 is 21.1. The van der Waals surface area contributed by atoms with Crippen LogP contribution in [0.25, 0.3) is 22.3 Å². The molecule has 3 aromatic rings. The molecule has 47 heavy (non-hydrogen) atoms. The number of ether oxygens (including phenoxy) is 4. The fourth-order valence-electron chi connectivity index (χ4n) is 5.86. The second-order valence-electron chi connectivity index (χ2n) is 12.4. The second-order valence-corrected chi connectivity index (χ2v) is 12.4. The predicted octanol–water partition coefficient (Wildman–Crippen LogP) is 5.89. The van der Waals surface area contributed by atoms with Gasteiger partial charge in [-0.25, -0.2) is 19.6 Å². The molecule has 10 heteroatoms. The van der Waals surface area contributed by atoms with Crippen molar-refractivity contribution >= 4 is 34.9 Å². The van der Waals surface area contributed by atoms with Crippen LogP contribution in [0.4, 0.5) is 0 Å². The SMILES string of the molecule is C=C(C)C(=O)OCCOC(=O)C(C)CC1(CC(C)C(=O)OCCOC(=O)C(=C)C)c2ccccc2-c2nc3cc(C)c(C)cc3nc21. The maximum Gasteiger partial charge on any atom is 0.333 e. The van der Waals surface area contributed by atoms with E-state index in [4.69, 9.17) is 28.9 Å². The molecule has 0 saturated heterocycles. The van der Waals surface area contributed by atoms with Crippen LogP contribution in [0.1, 0.15) is 62.9 Å². The van der Waals surface area contributed by atoms with E-state index in [0.29, 0.717) is 16.9 Å². The molecule has 2 unspecified atom stereocenters. The van der Waals surface area contributed by atoms with E-state index in [1.165, 1.54) is 13.8 Å². The molecular weight excluding hydrogens is 600 g/mol. The number of nitrogens with zero attached hydrogens (tertiary/aromatic N) is 2. The van der Waals surface area contributed by atoms with Gasteiger partial charge in [-0.1, -0.05) is 51.3 Å². The van der Waals surface area contributed by atoms with Crippen molar-refractivity contribution in [2.24, 2.45) is 11.8 Å². The van der Waals surface area contributed by atoms with Crippen molar-refractivity contribution < 1.29 is 38.1 Å². The minimum atomic E-state index is -0.901. The lowest BCUT2D eigenvalue weighted by Gasteiger charge is -2.34. The Bertz CT molecular complexity index is 1690. The van der Waals surface area contributed by atoms with Crippen LogP contribution in [0.3, 0.4) is 0 Å². The largest absolute Gasteiger partial charge is 0.462 e. The molecule has 1 aliphatic carbocycles. The average Bonchev–Trinajstić information content (AvgIpc) is 3.28. The zero-order valence-corrected chi connectivity index (χ0v) is 27.9. The number of carbonyl (C=O) groups is 4. The highest BCUT2D eigenvalue weighted by atomic mass is 16.6. The van der Waals surface area contributed by atoms with Gasteiger partial charge in [0.15, 0.2) is 0 Å². The number of aryl methyl sites for hydroxylation is 2. The molecule has 248 valence electrons. The predicted molar refractivity (Wildman–Crippen MR) is 176 cm³/mol.